The minimum Gasteiger partial charge on any atom is -0.103 e. The van der Waals surface area contributed by atoms with Gasteiger partial charge in [0.05, 0.1) is 0 Å². The van der Waals surface area contributed by atoms with Gasteiger partial charge in [-0.05, 0) is 46.6 Å². The van der Waals surface area contributed by atoms with Crippen molar-refractivity contribution < 1.29 is 0 Å². The monoisotopic (exact) mass is 234 g/mol. The molecule has 0 heteroatoms. The largest absolute Gasteiger partial charge is 0.103 e. The van der Waals surface area contributed by atoms with Crippen LogP contribution in [-0.4, -0.2) is 0 Å². The fourth-order valence-corrected chi connectivity index (χ4v) is 3.02. The molecule has 0 radical (unpaired) electrons. The lowest BCUT2D eigenvalue weighted by Crippen LogP contribution is -1.97. The SMILES string of the molecule is C=CCC(C)c1cccc2c1Cc1ccccc1-2. The molecular weight excluding hydrogens is 216 g/mol. The average molecular weight is 234 g/mol. The summed E-state index contributed by atoms with van der Waals surface area (Å²) >= 11 is 0. The van der Waals surface area contributed by atoms with Gasteiger partial charge in [0.1, 0.15) is 0 Å². The van der Waals surface area contributed by atoms with Gasteiger partial charge >= 0.3 is 0 Å². The Bertz CT molecular complexity index is 593. The molecule has 90 valence electrons. The molecule has 0 bridgehead atoms. The molecule has 0 aromatic heterocycles. The first-order valence-electron chi connectivity index (χ1n) is 6.62. The summed E-state index contributed by atoms with van der Waals surface area (Å²) in [7, 11) is 0. The first-order chi connectivity index (χ1) is 8.81. The van der Waals surface area contributed by atoms with Crippen molar-refractivity contribution in [3.05, 3.63) is 71.8 Å². The second kappa shape index (κ2) is 4.45. The van der Waals surface area contributed by atoms with Crippen LogP contribution in [0.3, 0.4) is 0 Å². The Hall–Kier alpha value is -1.82. The molecule has 0 saturated carbocycles. The Morgan fingerprint density at radius 2 is 1.89 bits per heavy atom. The smallest absolute Gasteiger partial charge is 0.00106 e. The van der Waals surface area contributed by atoms with Gasteiger partial charge in [-0.15, -0.1) is 6.58 Å². The number of hydrogen-bond donors (Lipinski definition) is 0. The van der Waals surface area contributed by atoms with E-state index >= 15 is 0 Å². The van der Waals surface area contributed by atoms with Crippen molar-refractivity contribution in [1.29, 1.82) is 0 Å². The summed E-state index contributed by atoms with van der Waals surface area (Å²) < 4.78 is 0. The minimum atomic E-state index is 0.562. The van der Waals surface area contributed by atoms with E-state index in [9.17, 15) is 0 Å². The second-order valence-electron chi connectivity index (χ2n) is 5.13. The maximum atomic E-state index is 3.86. The molecule has 2 aromatic carbocycles. The van der Waals surface area contributed by atoms with E-state index in [1.54, 1.807) is 0 Å². The predicted octanol–water partition coefficient (Wildman–Crippen LogP) is 4.94. The normalized spacial score (nSPS) is 13.8. The number of benzene rings is 2. The molecule has 1 unspecified atom stereocenters. The minimum absolute atomic E-state index is 0.562. The van der Waals surface area contributed by atoms with Gasteiger partial charge in [-0.2, -0.15) is 0 Å². The Labute approximate surface area is 109 Å². The first-order valence-corrected chi connectivity index (χ1v) is 6.62. The molecule has 2 aromatic rings. The van der Waals surface area contributed by atoms with Crippen LogP contribution in [0.25, 0.3) is 11.1 Å². The molecule has 0 spiro atoms. The fourth-order valence-electron chi connectivity index (χ4n) is 3.02. The average Bonchev–Trinajstić information content (AvgIpc) is 2.77. The zero-order chi connectivity index (χ0) is 12.5. The van der Waals surface area contributed by atoms with Crippen molar-refractivity contribution in [2.75, 3.05) is 0 Å². The number of allylic oxidation sites excluding steroid dienone is 1. The van der Waals surface area contributed by atoms with Gasteiger partial charge in [0.15, 0.2) is 0 Å². The van der Waals surface area contributed by atoms with Gasteiger partial charge in [-0.3, -0.25) is 0 Å². The molecule has 3 rings (SSSR count). The van der Waals surface area contributed by atoms with Gasteiger partial charge in [0, 0.05) is 0 Å². The second-order valence-corrected chi connectivity index (χ2v) is 5.13. The Balaban J connectivity index is 2.11. The van der Waals surface area contributed by atoms with E-state index in [2.05, 4.69) is 56.0 Å². The van der Waals surface area contributed by atoms with E-state index in [0.717, 1.165) is 12.8 Å². The molecule has 1 aliphatic carbocycles. The lowest BCUT2D eigenvalue weighted by atomic mass is 9.90. The van der Waals surface area contributed by atoms with E-state index in [-0.39, 0.29) is 0 Å². The molecule has 0 aliphatic heterocycles. The fraction of sp³-hybridized carbons (Fsp3) is 0.222. The molecule has 1 atom stereocenters. The maximum Gasteiger partial charge on any atom is -0.00106 e. The molecule has 1 aliphatic rings. The molecule has 0 nitrogen and oxygen atoms in total. The summed E-state index contributed by atoms with van der Waals surface area (Å²) in [5.41, 5.74) is 7.32. The van der Waals surface area contributed by atoms with Crippen molar-refractivity contribution in [1.82, 2.24) is 0 Å². The summed E-state index contributed by atoms with van der Waals surface area (Å²) in [5, 5.41) is 0. The van der Waals surface area contributed by atoms with Crippen LogP contribution >= 0.6 is 0 Å². The number of hydrogen-bond acceptors (Lipinski definition) is 0. The van der Waals surface area contributed by atoms with Gasteiger partial charge in [0.25, 0.3) is 0 Å². The lowest BCUT2D eigenvalue weighted by molar-refractivity contribution is 0.773. The molecule has 0 saturated heterocycles. The molecule has 0 N–H and O–H groups in total. The third kappa shape index (κ3) is 1.69. The van der Waals surface area contributed by atoms with Crippen LogP contribution in [-0.2, 0) is 6.42 Å². The van der Waals surface area contributed by atoms with Gasteiger partial charge in [0.2, 0.25) is 0 Å². The summed E-state index contributed by atoms with van der Waals surface area (Å²) in [6.07, 6.45) is 4.15. The first kappa shape index (κ1) is 11.3. The molecule has 0 fully saturated rings. The zero-order valence-electron chi connectivity index (χ0n) is 10.8. The van der Waals surface area contributed by atoms with Crippen LogP contribution in [0.15, 0.2) is 55.1 Å². The van der Waals surface area contributed by atoms with Crippen LogP contribution in [0.1, 0.15) is 36.0 Å². The van der Waals surface area contributed by atoms with Crippen molar-refractivity contribution in [3.8, 4) is 11.1 Å². The molecule has 0 amide bonds. The van der Waals surface area contributed by atoms with E-state index in [4.69, 9.17) is 0 Å². The van der Waals surface area contributed by atoms with Crippen LogP contribution in [0.4, 0.5) is 0 Å². The van der Waals surface area contributed by atoms with Crippen LogP contribution in [0, 0.1) is 0 Å². The lowest BCUT2D eigenvalue weighted by Gasteiger charge is -2.14. The summed E-state index contributed by atoms with van der Waals surface area (Å²) in [6.45, 7) is 6.15. The Morgan fingerprint density at radius 1 is 1.11 bits per heavy atom. The molecular formula is C18H18. The van der Waals surface area contributed by atoms with Gasteiger partial charge in [-0.25, -0.2) is 0 Å². The molecule has 18 heavy (non-hydrogen) atoms. The van der Waals surface area contributed by atoms with Gasteiger partial charge < -0.3 is 0 Å². The van der Waals surface area contributed by atoms with Crippen molar-refractivity contribution in [3.63, 3.8) is 0 Å². The van der Waals surface area contributed by atoms with Gasteiger partial charge in [-0.1, -0.05) is 55.5 Å². The number of fused-ring (bicyclic) bond motifs is 3. The van der Waals surface area contributed by atoms with Crippen molar-refractivity contribution in [2.24, 2.45) is 0 Å². The highest BCUT2D eigenvalue weighted by Gasteiger charge is 2.21. The Kier molecular flexibility index (Phi) is 2.79. The highest BCUT2D eigenvalue weighted by molar-refractivity contribution is 5.78. The van der Waals surface area contributed by atoms with Crippen LogP contribution in [0.2, 0.25) is 0 Å². The van der Waals surface area contributed by atoms with Crippen LogP contribution in [0.5, 0.6) is 0 Å². The van der Waals surface area contributed by atoms with Crippen molar-refractivity contribution in [2.45, 2.75) is 25.7 Å². The quantitative estimate of drug-likeness (QED) is 0.563. The maximum absolute atomic E-state index is 3.86. The van der Waals surface area contributed by atoms with E-state index in [1.165, 1.54) is 27.8 Å². The molecule has 0 heterocycles. The topological polar surface area (TPSA) is 0 Å². The van der Waals surface area contributed by atoms with Crippen molar-refractivity contribution >= 4 is 0 Å². The summed E-state index contributed by atoms with van der Waals surface area (Å²) in [5.74, 6) is 0.562. The highest BCUT2D eigenvalue weighted by atomic mass is 14.3. The predicted molar refractivity (Wildman–Crippen MR) is 77.9 cm³/mol. The standard InChI is InChI=1S/C18H18/c1-3-7-13(2)15-10-6-11-17-16-9-5-4-8-14(16)12-18(15)17/h3-6,8-11,13H,1,7,12H2,2H3. The highest BCUT2D eigenvalue weighted by Crippen LogP contribution is 2.40. The Morgan fingerprint density at radius 3 is 2.72 bits per heavy atom. The summed E-state index contributed by atoms with van der Waals surface area (Å²) in [6, 6.07) is 15.5. The third-order valence-electron chi connectivity index (χ3n) is 3.94. The van der Waals surface area contributed by atoms with E-state index in [0.29, 0.717) is 5.92 Å². The third-order valence-corrected chi connectivity index (χ3v) is 3.94. The number of rotatable bonds is 3. The van der Waals surface area contributed by atoms with E-state index in [1.807, 2.05) is 6.08 Å². The summed E-state index contributed by atoms with van der Waals surface area (Å²) in [4.78, 5) is 0. The van der Waals surface area contributed by atoms with E-state index < -0.39 is 0 Å². The van der Waals surface area contributed by atoms with Crippen LogP contribution < -0.4 is 0 Å². The zero-order valence-corrected chi connectivity index (χ0v) is 10.8.